The largest absolute Gasteiger partial charge is 0.382 e. The highest BCUT2D eigenvalue weighted by atomic mass is 16.5. The summed E-state index contributed by atoms with van der Waals surface area (Å²) in [5.41, 5.74) is 0.0324. The Morgan fingerprint density at radius 1 is 1.58 bits per heavy atom. The van der Waals surface area contributed by atoms with Crippen LogP contribution < -0.4 is 0 Å². The zero-order valence-corrected chi connectivity index (χ0v) is 8.04. The monoisotopic (exact) mass is 171 g/mol. The lowest BCUT2D eigenvalue weighted by Crippen LogP contribution is -2.44. The van der Waals surface area contributed by atoms with Crippen molar-refractivity contribution in [3.8, 4) is 0 Å². The summed E-state index contributed by atoms with van der Waals surface area (Å²) in [6.07, 6.45) is 3.10. The molecule has 1 rings (SSSR count). The topological polar surface area (TPSA) is 29.5 Å². The maximum Gasteiger partial charge on any atom is 0.210 e. The van der Waals surface area contributed by atoms with Crippen LogP contribution in [0.25, 0.3) is 0 Å². The van der Waals surface area contributed by atoms with Gasteiger partial charge in [-0.2, -0.15) is 0 Å². The van der Waals surface area contributed by atoms with Crippen molar-refractivity contribution in [3.63, 3.8) is 0 Å². The molecule has 1 amide bonds. The molecule has 3 nitrogen and oxygen atoms in total. The average Bonchev–Trinajstić information content (AvgIpc) is 2.71. The molecule has 0 bridgehead atoms. The van der Waals surface area contributed by atoms with Crippen LogP contribution in [0.2, 0.25) is 0 Å². The normalized spacial score (nSPS) is 19.3. The molecule has 0 aromatic carbocycles. The van der Waals surface area contributed by atoms with Gasteiger partial charge in [-0.3, -0.25) is 4.79 Å². The van der Waals surface area contributed by atoms with Crippen molar-refractivity contribution in [1.82, 2.24) is 4.90 Å². The summed E-state index contributed by atoms with van der Waals surface area (Å²) in [6.45, 7) is 4.73. The standard InChI is InChI=1S/C9H17NO2/c1-8(2)10(7-11)9(4-5-9)6-12-3/h7-8H,4-6H2,1-3H3. The lowest BCUT2D eigenvalue weighted by molar-refractivity contribution is -0.124. The Bertz CT molecular complexity index is 164. The molecule has 0 aromatic heterocycles. The second kappa shape index (κ2) is 3.44. The van der Waals surface area contributed by atoms with Crippen molar-refractivity contribution in [2.75, 3.05) is 13.7 Å². The number of carbonyl (C=O) groups is 1. The van der Waals surface area contributed by atoms with E-state index in [0.29, 0.717) is 6.61 Å². The number of hydrogen-bond acceptors (Lipinski definition) is 2. The summed E-state index contributed by atoms with van der Waals surface area (Å²) in [6, 6.07) is 0.278. The molecule has 1 saturated carbocycles. The number of hydrogen-bond donors (Lipinski definition) is 0. The first-order valence-electron chi connectivity index (χ1n) is 4.39. The number of carbonyl (C=O) groups excluding carboxylic acids is 1. The Morgan fingerprint density at radius 2 is 2.17 bits per heavy atom. The molecule has 1 fully saturated rings. The van der Waals surface area contributed by atoms with Crippen LogP contribution in [0.1, 0.15) is 26.7 Å². The van der Waals surface area contributed by atoms with Crippen molar-refractivity contribution in [3.05, 3.63) is 0 Å². The van der Waals surface area contributed by atoms with Crippen LogP contribution in [-0.4, -0.2) is 36.6 Å². The average molecular weight is 171 g/mol. The van der Waals surface area contributed by atoms with Gasteiger partial charge in [-0.15, -0.1) is 0 Å². The summed E-state index contributed by atoms with van der Waals surface area (Å²) >= 11 is 0. The molecule has 0 unspecified atom stereocenters. The number of rotatable bonds is 5. The maximum absolute atomic E-state index is 10.8. The van der Waals surface area contributed by atoms with Gasteiger partial charge in [-0.05, 0) is 26.7 Å². The predicted octanol–water partition coefficient (Wildman–Crippen LogP) is 1.03. The van der Waals surface area contributed by atoms with E-state index in [2.05, 4.69) is 0 Å². The second-order valence-corrected chi connectivity index (χ2v) is 3.76. The van der Waals surface area contributed by atoms with Crippen LogP contribution in [-0.2, 0) is 9.53 Å². The Kier molecular flexibility index (Phi) is 2.73. The van der Waals surface area contributed by atoms with E-state index in [4.69, 9.17) is 4.74 Å². The minimum absolute atomic E-state index is 0.0324. The first kappa shape index (κ1) is 9.52. The lowest BCUT2D eigenvalue weighted by Gasteiger charge is -2.31. The van der Waals surface area contributed by atoms with Gasteiger partial charge in [0.25, 0.3) is 0 Å². The lowest BCUT2D eigenvalue weighted by atomic mass is 10.2. The molecule has 0 saturated heterocycles. The van der Waals surface area contributed by atoms with Gasteiger partial charge in [0.05, 0.1) is 12.1 Å². The van der Waals surface area contributed by atoms with Gasteiger partial charge in [-0.25, -0.2) is 0 Å². The Hall–Kier alpha value is -0.570. The number of ether oxygens (including phenoxy) is 1. The quantitative estimate of drug-likeness (QED) is 0.578. The molecule has 1 aliphatic carbocycles. The molecule has 0 N–H and O–H groups in total. The SMILES string of the molecule is COCC1(N(C=O)C(C)C)CC1. The third-order valence-corrected chi connectivity index (χ3v) is 2.46. The van der Waals surface area contributed by atoms with E-state index in [1.165, 1.54) is 0 Å². The molecule has 0 atom stereocenters. The van der Waals surface area contributed by atoms with Gasteiger partial charge in [0.1, 0.15) is 0 Å². The number of amides is 1. The van der Waals surface area contributed by atoms with Gasteiger partial charge >= 0.3 is 0 Å². The molecular formula is C9H17NO2. The third kappa shape index (κ3) is 1.61. The van der Waals surface area contributed by atoms with E-state index in [-0.39, 0.29) is 11.6 Å². The molecular weight excluding hydrogens is 154 g/mol. The summed E-state index contributed by atoms with van der Waals surface area (Å²) in [7, 11) is 1.68. The first-order chi connectivity index (χ1) is 5.66. The minimum Gasteiger partial charge on any atom is -0.382 e. The third-order valence-electron chi connectivity index (χ3n) is 2.46. The van der Waals surface area contributed by atoms with E-state index >= 15 is 0 Å². The molecule has 12 heavy (non-hydrogen) atoms. The predicted molar refractivity (Wildman–Crippen MR) is 46.9 cm³/mol. The molecule has 1 aliphatic rings. The fourth-order valence-electron chi connectivity index (χ4n) is 1.67. The minimum atomic E-state index is 0.0324. The zero-order valence-electron chi connectivity index (χ0n) is 8.04. The summed E-state index contributed by atoms with van der Waals surface area (Å²) in [5.74, 6) is 0. The highest BCUT2D eigenvalue weighted by molar-refractivity contribution is 5.51. The summed E-state index contributed by atoms with van der Waals surface area (Å²) in [5, 5.41) is 0. The smallest absolute Gasteiger partial charge is 0.210 e. The van der Waals surface area contributed by atoms with Crippen molar-refractivity contribution in [1.29, 1.82) is 0 Å². The number of methoxy groups -OCH3 is 1. The van der Waals surface area contributed by atoms with Crippen molar-refractivity contribution < 1.29 is 9.53 Å². The maximum atomic E-state index is 10.8. The van der Waals surface area contributed by atoms with Crippen LogP contribution in [0, 0.1) is 0 Å². The molecule has 0 heterocycles. The van der Waals surface area contributed by atoms with E-state index in [0.717, 1.165) is 19.3 Å². The molecule has 3 heteroatoms. The highest BCUT2D eigenvalue weighted by Gasteiger charge is 2.48. The molecule has 0 aliphatic heterocycles. The number of nitrogens with zero attached hydrogens (tertiary/aromatic N) is 1. The Balaban J connectivity index is 2.58. The summed E-state index contributed by atoms with van der Waals surface area (Å²) in [4.78, 5) is 12.6. The summed E-state index contributed by atoms with van der Waals surface area (Å²) < 4.78 is 5.10. The fraction of sp³-hybridized carbons (Fsp3) is 0.889. The van der Waals surface area contributed by atoms with Gasteiger partial charge in [0.2, 0.25) is 6.41 Å². The van der Waals surface area contributed by atoms with E-state index in [1.54, 1.807) is 7.11 Å². The van der Waals surface area contributed by atoms with Crippen molar-refractivity contribution in [2.24, 2.45) is 0 Å². The Labute approximate surface area is 73.7 Å². The molecule has 0 aromatic rings. The molecule has 0 spiro atoms. The highest BCUT2D eigenvalue weighted by Crippen LogP contribution is 2.42. The van der Waals surface area contributed by atoms with Crippen LogP contribution in [0.5, 0.6) is 0 Å². The fourth-order valence-corrected chi connectivity index (χ4v) is 1.67. The van der Waals surface area contributed by atoms with Crippen LogP contribution in [0.4, 0.5) is 0 Å². The van der Waals surface area contributed by atoms with E-state index < -0.39 is 0 Å². The van der Waals surface area contributed by atoms with Crippen molar-refractivity contribution >= 4 is 6.41 Å². The second-order valence-electron chi connectivity index (χ2n) is 3.76. The van der Waals surface area contributed by atoms with Crippen LogP contribution in [0.3, 0.4) is 0 Å². The molecule has 0 radical (unpaired) electrons. The van der Waals surface area contributed by atoms with Gasteiger partial charge in [-0.1, -0.05) is 0 Å². The van der Waals surface area contributed by atoms with Crippen molar-refractivity contribution in [2.45, 2.75) is 38.3 Å². The van der Waals surface area contributed by atoms with Crippen LogP contribution in [0.15, 0.2) is 0 Å². The first-order valence-corrected chi connectivity index (χ1v) is 4.39. The zero-order chi connectivity index (χ0) is 9.19. The van der Waals surface area contributed by atoms with Crippen LogP contribution >= 0.6 is 0 Å². The van der Waals surface area contributed by atoms with Gasteiger partial charge < -0.3 is 9.64 Å². The van der Waals surface area contributed by atoms with Gasteiger partial charge in [0.15, 0.2) is 0 Å². The molecule has 70 valence electrons. The Morgan fingerprint density at radius 3 is 2.42 bits per heavy atom. The van der Waals surface area contributed by atoms with E-state index in [1.807, 2.05) is 18.7 Å². The van der Waals surface area contributed by atoms with Gasteiger partial charge in [0, 0.05) is 13.2 Å². The van der Waals surface area contributed by atoms with E-state index in [9.17, 15) is 4.79 Å².